The normalized spacial score (nSPS) is 14.8. The van der Waals surface area contributed by atoms with E-state index >= 15 is 0 Å². The third-order valence-corrected chi connectivity index (χ3v) is 4.04. The molecule has 1 aliphatic rings. The maximum Gasteiger partial charge on any atom is 0.272 e. The van der Waals surface area contributed by atoms with Crippen molar-refractivity contribution in [2.75, 3.05) is 31.1 Å². The van der Waals surface area contributed by atoms with E-state index in [2.05, 4.69) is 25.9 Å². The summed E-state index contributed by atoms with van der Waals surface area (Å²) in [6.45, 7) is 4.51. The Morgan fingerprint density at radius 2 is 1.96 bits per heavy atom. The lowest BCUT2D eigenvalue weighted by atomic mass is 10.2. The summed E-state index contributed by atoms with van der Waals surface area (Å²) in [6, 6.07) is 7.13. The number of carbonyl (C=O) groups excluding carboxylic acids is 1. The Hall–Kier alpha value is -3.01. The molecular formula is C17H18N6O. The molecule has 0 aromatic carbocycles. The molecule has 1 fully saturated rings. The molecule has 7 nitrogen and oxygen atoms in total. The highest BCUT2D eigenvalue weighted by molar-refractivity contribution is 5.92. The van der Waals surface area contributed by atoms with Crippen molar-refractivity contribution in [3.63, 3.8) is 0 Å². The van der Waals surface area contributed by atoms with Crippen LogP contribution in [-0.4, -0.2) is 51.9 Å². The summed E-state index contributed by atoms with van der Waals surface area (Å²) in [6.07, 6.45) is 4.29. The van der Waals surface area contributed by atoms with Gasteiger partial charge in [-0.3, -0.25) is 4.79 Å². The van der Waals surface area contributed by atoms with Crippen LogP contribution in [0, 0.1) is 18.3 Å². The molecule has 0 radical (unpaired) electrons. The number of rotatable bonds is 2. The van der Waals surface area contributed by atoms with E-state index in [1.54, 1.807) is 42.4 Å². The molecule has 0 atom stereocenters. The average Bonchev–Trinajstić information content (AvgIpc) is 2.88. The highest BCUT2D eigenvalue weighted by Gasteiger charge is 2.22. The van der Waals surface area contributed by atoms with Gasteiger partial charge in [0.05, 0.1) is 11.3 Å². The van der Waals surface area contributed by atoms with Gasteiger partial charge in [0.15, 0.2) is 0 Å². The summed E-state index contributed by atoms with van der Waals surface area (Å²) in [7, 11) is 0. The highest BCUT2D eigenvalue weighted by atomic mass is 16.2. The van der Waals surface area contributed by atoms with Crippen molar-refractivity contribution in [2.45, 2.75) is 13.3 Å². The predicted octanol–water partition coefficient (Wildman–Crippen LogP) is 1.40. The van der Waals surface area contributed by atoms with Gasteiger partial charge in [0.25, 0.3) is 5.91 Å². The molecule has 0 aliphatic carbocycles. The molecule has 1 amide bonds. The molecule has 0 N–H and O–H groups in total. The van der Waals surface area contributed by atoms with Gasteiger partial charge in [0.2, 0.25) is 5.95 Å². The lowest BCUT2D eigenvalue weighted by Crippen LogP contribution is -2.36. The average molecular weight is 322 g/mol. The van der Waals surface area contributed by atoms with E-state index in [4.69, 9.17) is 5.26 Å². The quantitative estimate of drug-likeness (QED) is 0.831. The molecule has 0 bridgehead atoms. The van der Waals surface area contributed by atoms with Crippen LogP contribution in [0.15, 0.2) is 30.6 Å². The first-order valence-electron chi connectivity index (χ1n) is 7.88. The monoisotopic (exact) mass is 322 g/mol. The maximum atomic E-state index is 12.7. The van der Waals surface area contributed by atoms with Crippen LogP contribution in [0.3, 0.4) is 0 Å². The predicted molar refractivity (Wildman–Crippen MR) is 88.5 cm³/mol. The number of aryl methyl sites for hydroxylation is 1. The fraction of sp³-hybridized carbons (Fsp3) is 0.353. The van der Waals surface area contributed by atoms with Gasteiger partial charge in [-0.25, -0.2) is 15.0 Å². The van der Waals surface area contributed by atoms with Crippen LogP contribution in [0.1, 0.15) is 28.2 Å². The van der Waals surface area contributed by atoms with Crippen molar-refractivity contribution in [2.24, 2.45) is 0 Å². The van der Waals surface area contributed by atoms with Crippen molar-refractivity contribution in [3.8, 4) is 6.07 Å². The zero-order valence-electron chi connectivity index (χ0n) is 13.5. The molecule has 1 aliphatic heterocycles. The minimum Gasteiger partial charge on any atom is -0.339 e. The topological polar surface area (TPSA) is 86.0 Å². The summed E-state index contributed by atoms with van der Waals surface area (Å²) in [5.41, 5.74) is 1.46. The Kier molecular flexibility index (Phi) is 4.66. The largest absolute Gasteiger partial charge is 0.339 e. The molecule has 7 heteroatoms. The van der Waals surface area contributed by atoms with Crippen LogP contribution in [-0.2, 0) is 0 Å². The first-order chi connectivity index (χ1) is 11.7. The van der Waals surface area contributed by atoms with Gasteiger partial charge in [0, 0.05) is 38.6 Å². The van der Waals surface area contributed by atoms with Crippen molar-refractivity contribution in [1.29, 1.82) is 5.26 Å². The second kappa shape index (κ2) is 7.04. The van der Waals surface area contributed by atoms with Gasteiger partial charge < -0.3 is 9.80 Å². The third-order valence-electron chi connectivity index (χ3n) is 4.04. The van der Waals surface area contributed by atoms with Crippen LogP contribution in [0.4, 0.5) is 5.95 Å². The second-order valence-corrected chi connectivity index (χ2v) is 5.62. The zero-order chi connectivity index (χ0) is 16.9. The van der Waals surface area contributed by atoms with E-state index in [-0.39, 0.29) is 5.91 Å². The van der Waals surface area contributed by atoms with E-state index < -0.39 is 0 Å². The molecule has 122 valence electrons. The number of aromatic nitrogens is 3. The van der Waals surface area contributed by atoms with Crippen LogP contribution >= 0.6 is 0 Å². The number of anilines is 1. The molecule has 2 aromatic rings. The lowest BCUT2D eigenvalue weighted by molar-refractivity contribution is 0.0761. The molecule has 3 rings (SSSR count). The van der Waals surface area contributed by atoms with Gasteiger partial charge in [-0.15, -0.1) is 0 Å². The van der Waals surface area contributed by atoms with Gasteiger partial charge in [0.1, 0.15) is 11.8 Å². The summed E-state index contributed by atoms with van der Waals surface area (Å²) in [5.74, 6) is 0.595. The van der Waals surface area contributed by atoms with Crippen molar-refractivity contribution < 1.29 is 4.79 Å². The van der Waals surface area contributed by atoms with Gasteiger partial charge in [-0.1, -0.05) is 0 Å². The number of pyridine rings is 1. The fourth-order valence-electron chi connectivity index (χ4n) is 2.74. The van der Waals surface area contributed by atoms with Crippen LogP contribution in [0.25, 0.3) is 0 Å². The Bertz CT molecular complexity index is 770. The van der Waals surface area contributed by atoms with E-state index in [1.165, 1.54) is 0 Å². The van der Waals surface area contributed by atoms with Gasteiger partial charge in [-0.2, -0.15) is 5.26 Å². The van der Waals surface area contributed by atoms with E-state index in [0.29, 0.717) is 42.5 Å². The molecule has 0 spiro atoms. The van der Waals surface area contributed by atoms with Crippen molar-refractivity contribution in [1.82, 2.24) is 19.9 Å². The van der Waals surface area contributed by atoms with Crippen molar-refractivity contribution in [3.05, 3.63) is 47.5 Å². The number of nitrogens with zero attached hydrogens (tertiary/aromatic N) is 6. The van der Waals surface area contributed by atoms with Crippen LogP contribution in [0.5, 0.6) is 0 Å². The first kappa shape index (κ1) is 15.9. The number of carbonyl (C=O) groups is 1. The standard InChI is InChI=1S/C17H18N6O/c1-13-14(12-18)4-5-15(21-13)16(24)22-8-3-9-23(11-10-22)17-19-6-2-7-20-17/h2,4-7H,3,8-11H2,1H3. The summed E-state index contributed by atoms with van der Waals surface area (Å²) >= 11 is 0. The molecule has 1 saturated heterocycles. The lowest BCUT2D eigenvalue weighted by Gasteiger charge is -2.21. The summed E-state index contributed by atoms with van der Waals surface area (Å²) in [5, 5.41) is 8.97. The number of hydrogen-bond donors (Lipinski definition) is 0. The number of nitriles is 1. The van der Waals surface area contributed by atoms with Crippen LogP contribution in [0.2, 0.25) is 0 Å². The second-order valence-electron chi connectivity index (χ2n) is 5.62. The van der Waals surface area contributed by atoms with E-state index in [0.717, 1.165) is 13.0 Å². The van der Waals surface area contributed by atoms with Gasteiger partial charge >= 0.3 is 0 Å². The number of hydrogen-bond acceptors (Lipinski definition) is 6. The Morgan fingerprint density at radius 3 is 2.67 bits per heavy atom. The smallest absolute Gasteiger partial charge is 0.272 e. The summed E-state index contributed by atoms with van der Waals surface area (Å²) in [4.78, 5) is 29.4. The Morgan fingerprint density at radius 1 is 1.17 bits per heavy atom. The minimum absolute atomic E-state index is 0.0987. The minimum atomic E-state index is -0.0987. The van der Waals surface area contributed by atoms with E-state index in [9.17, 15) is 4.79 Å². The molecule has 3 heterocycles. The number of amides is 1. The highest BCUT2D eigenvalue weighted by Crippen LogP contribution is 2.13. The Balaban J connectivity index is 1.71. The molecule has 2 aromatic heterocycles. The summed E-state index contributed by atoms with van der Waals surface area (Å²) < 4.78 is 0. The SMILES string of the molecule is Cc1nc(C(=O)N2CCCN(c3ncccn3)CC2)ccc1C#N. The van der Waals surface area contributed by atoms with E-state index in [1.807, 2.05) is 0 Å². The maximum absolute atomic E-state index is 12.7. The molecule has 0 unspecified atom stereocenters. The molecule has 24 heavy (non-hydrogen) atoms. The third kappa shape index (κ3) is 3.33. The first-order valence-corrected chi connectivity index (χ1v) is 7.88. The Labute approximate surface area is 140 Å². The fourth-order valence-corrected chi connectivity index (χ4v) is 2.74. The van der Waals surface area contributed by atoms with Crippen molar-refractivity contribution >= 4 is 11.9 Å². The molecule has 0 saturated carbocycles. The van der Waals surface area contributed by atoms with Gasteiger partial charge in [-0.05, 0) is 31.5 Å². The molecular weight excluding hydrogens is 304 g/mol. The zero-order valence-corrected chi connectivity index (χ0v) is 13.5. The van der Waals surface area contributed by atoms with Crippen LogP contribution < -0.4 is 4.90 Å².